The first kappa shape index (κ1) is 15.4. The molecule has 1 heterocycles. The van der Waals surface area contributed by atoms with Crippen LogP contribution in [0.3, 0.4) is 0 Å². The van der Waals surface area contributed by atoms with E-state index in [4.69, 9.17) is 0 Å². The van der Waals surface area contributed by atoms with Crippen LogP contribution in [0.2, 0.25) is 0 Å². The summed E-state index contributed by atoms with van der Waals surface area (Å²) in [6, 6.07) is 14.8. The van der Waals surface area contributed by atoms with Crippen LogP contribution in [0.25, 0.3) is 11.4 Å². The van der Waals surface area contributed by atoms with Gasteiger partial charge < -0.3 is 5.32 Å². The normalized spacial score (nSPS) is 14.9. The Kier molecular flexibility index (Phi) is 3.97. The maximum absolute atomic E-state index is 13.4. The first-order valence-corrected chi connectivity index (χ1v) is 8.11. The zero-order valence-corrected chi connectivity index (χ0v) is 13.3. The van der Waals surface area contributed by atoms with Crippen LogP contribution in [0.1, 0.15) is 24.4 Å². The smallest absolute Gasteiger partial charge is 0.251 e. The van der Waals surface area contributed by atoms with E-state index in [0.717, 1.165) is 18.4 Å². The molecule has 7 heteroatoms. The van der Waals surface area contributed by atoms with Crippen molar-refractivity contribution in [1.82, 2.24) is 25.5 Å². The number of hydrogen-bond acceptors (Lipinski definition) is 4. The highest BCUT2D eigenvalue weighted by molar-refractivity contribution is 5.83. The second-order valence-electron chi connectivity index (χ2n) is 6.04. The van der Waals surface area contributed by atoms with E-state index < -0.39 is 6.04 Å². The first-order valence-electron chi connectivity index (χ1n) is 8.11. The van der Waals surface area contributed by atoms with Gasteiger partial charge in [0.2, 0.25) is 5.82 Å². The Morgan fingerprint density at radius 1 is 1.16 bits per heavy atom. The van der Waals surface area contributed by atoms with E-state index in [-0.39, 0.29) is 23.6 Å². The summed E-state index contributed by atoms with van der Waals surface area (Å²) < 4.78 is 13.4. The molecule has 1 N–H and O–H groups in total. The maximum atomic E-state index is 13.4. The zero-order valence-electron chi connectivity index (χ0n) is 13.3. The van der Waals surface area contributed by atoms with Gasteiger partial charge in [-0.3, -0.25) is 4.79 Å². The van der Waals surface area contributed by atoms with Gasteiger partial charge in [0.25, 0.3) is 5.91 Å². The molecule has 1 saturated carbocycles. The van der Waals surface area contributed by atoms with Gasteiger partial charge in [0.15, 0.2) is 6.04 Å². The van der Waals surface area contributed by atoms with Crippen molar-refractivity contribution in [3.8, 4) is 11.4 Å². The minimum absolute atomic E-state index is 0.170. The van der Waals surface area contributed by atoms with Crippen LogP contribution in [-0.2, 0) is 4.79 Å². The van der Waals surface area contributed by atoms with E-state index in [1.165, 1.54) is 16.9 Å². The molecule has 0 unspecified atom stereocenters. The van der Waals surface area contributed by atoms with Gasteiger partial charge >= 0.3 is 0 Å². The van der Waals surface area contributed by atoms with E-state index in [9.17, 15) is 9.18 Å². The van der Waals surface area contributed by atoms with Gasteiger partial charge in [0.05, 0.1) is 0 Å². The van der Waals surface area contributed by atoms with E-state index >= 15 is 0 Å². The summed E-state index contributed by atoms with van der Waals surface area (Å²) >= 11 is 0. The number of benzene rings is 2. The highest BCUT2D eigenvalue weighted by Gasteiger charge is 2.31. The highest BCUT2D eigenvalue weighted by Crippen LogP contribution is 2.23. The number of carbonyl (C=O) groups is 1. The van der Waals surface area contributed by atoms with Gasteiger partial charge in [0.1, 0.15) is 5.82 Å². The van der Waals surface area contributed by atoms with E-state index in [1.807, 2.05) is 30.3 Å². The quantitative estimate of drug-likeness (QED) is 0.776. The standard InChI is InChI=1S/C18H16FN5O/c19-14-8-4-7-13(11-14)17-21-23-24(22-17)16(12-5-2-1-3-6-12)18(25)20-15-9-10-15/h1-8,11,15-16H,9-10H2,(H,20,25)/t16-/m0/s1. The Labute approximate surface area is 143 Å². The van der Waals surface area contributed by atoms with Crippen molar-refractivity contribution in [2.75, 3.05) is 0 Å². The molecule has 3 aromatic rings. The monoisotopic (exact) mass is 337 g/mol. The largest absolute Gasteiger partial charge is 0.351 e. The fourth-order valence-corrected chi connectivity index (χ4v) is 2.61. The lowest BCUT2D eigenvalue weighted by Gasteiger charge is -2.15. The Morgan fingerprint density at radius 3 is 2.68 bits per heavy atom. The summed E-state index contributed by atoms with van der Waals surface area (Å²) in [4.78, 5) is 14.0. The van der Waals surface area contributed by atoms with E-state index in [0.29, 0.717) is 5.56 Å². The lowest BCUT2D eigenvalue weighted by molar-refractivity contribution is -0.123. The third-order valence-electron chi connectivity index (χ3n) is 4.03. The molecule has 0 radical (unpaired) electrons. The molecule has 25 heavy (non-hydrogen) atoms. The van der Waals surface area contributed by atoms with Gasteiger partial charge in [-0.05, 0) is 35.8 Å². The molecule has 2 aromatic carbocycles. The molecule has 6 nitrogen and oxygen atoms in total. The Morgan fingerprint density at radius 2 is 1.96 bits per heavy atom. The number of hydrogen-bond donors (Lipinski definition) is 1. The minimum Gasteiger partial charge on any atom is -0.351 e. The van der Waals surface area contributed by atoms with Gasteiger partial charge in [-0.1, -0.05) is 42.5 Å². The van der Waals surface area contributed by atoms with E-state index in [2.05, 4.69) is 20.7 Å². The summed E-state index contributed by atoms with van der Waals surface area (Å²) in [6.07, 6.45) is 1.99. The van der Waals surface area contributed by atoms with Crippen LogP contribution >= 0.6 is 0 Å². The van der Waals surface area contributed by atoms with Crippen LogP contribution in [0.4, 0.5) is 4.39 Å². The van der Waals surface area contributed by atoms with Gasteiger partial charge in [-0.25, -0.2) is 4.39 Å². The molecule has 126 valence electrons. The highest BCUT2D eigenvalue weighted by atomic mass is 19.1. The second kappa shape index (κ2) is 6.43. The summed E-state index contributed by atoms with van der Waals surface area (Å²) in [5.74, 6) is -0.267. The summed E-state index contributed by atoms with van der Waals surface area (Å²) in [5, 5.41) is 15.3. The summed E-state index contributed by atoms with van der Waals surface area (Å²) in [5.41, 5.74) is 1.28. The molecule has 0 aliphatic heterocycles. The van der Waals surface area contributed by atoms with Gasteiger partial charge in [0, 0.05) is 11.6 Å². The SMILES string of the molecule is O=C(NC1CC1)[C@H](c1ccccc1)n1nnc(-c2cccc(F)c2)n1. The van der Waals surface area contributed by atoms with Gasteiger partial charge in [-0.2, -0.15) is 0 Å². The number of nitrogens with zero attached hydrogens (tertiary/aromatic N) is 4. The second-order valence-corrected chi connectivity index (χ2v) is 6.04. The van der Waals surface area contributed by atoms with Gasteiger partial charge in [-0.15, -0.1) is 15.0 Å². The predicted octanol–water partition coefficient (Wildman–Crippen LogP) is 2.35. The van der Waals surface area contributed by atoms with Crippen LogP contribution in [-0.4, -0.2) is 32.2 Å². The number of carbonyl (C=O) groups excluding carboxylic acids is 1. The molecule has 1 atom stereocenters. The molecule has 1 aromatic heterocycles. The van der Waals surface area contributed by atoms with Crippen LogP contribution < -0.4 is 5.32 Å². The number of rotatable bonds is 5. The van der Waals surface area contributed by atoms with Crippen molar-refractivity contribution in [2.24, 2.45) is 0 Å². The number of tetrazole rings is 1. The molecule has 4 rings (SSSR count). The summed E-state index contributed by atoms with van der Waals surface area (Å²) in [6.45, 7) is 0. The molecular weight excluding hydrogens is 321 g/mol. The van der Waals surface area contributed by atoms with Crippen LogP contribution in [0, 0.1) is 5.82 Å². The van der Waals surface area contributed by atoms with Crippen molar-refractivity contribution < 1.29 is 9.18 Å². The minimum atomic E-state index is -0.711. The third-order valence-corrected chi connectivity index (χ3v) is 4.03. The lowest BCUT2D eigenvalue weighted by atomic mass is 10.1. The number of halogens is 1. The van der Waals surface area contributed by atoms with E-state index in [1.54, 1.807) is 12.1 Å². The topological polar surface area (TPSA) is 72.7 Å². The van der Waals surface area contributed by atoms with Crippen molar-refractivity contribution in [2.45, 2.75) is 24.9 Å². The fourth-order valence-electron chi connectivity index (χ4n) is 2.61. The molecule has 1 aliphatic carbocycles. The Hall–Kier alpha value is -3.09. The third kappa shape index (κ3) is 3.40. The van der Waals surface area contributed by atoms with Crippen molar-refractivity contribution in [3.63, 3.8) is 0 Å². The van der Waals surface area contributed by atoms with Crippen LogP contribution in [0.15, 0.2) is 54.6 Å². The van der Waals surface area contributed by atoms with Crippen LogP contribution in [0.5, 0.6) is 0 Å². The van der Waals surface area contributed by atoms with Crippen molar-refractivity contribution >= 4 is 5.91 Å². The first-order chi connectivity index (χ1) is 12.2. The molecule has 0 bridgehead atoms. The number of amides is 1. The molecule has 0 saturated heterocycles. The maximum Gasteiger partial charge on any atom is 0.251 e. The number of nitrogens with one attached hydrogen (secondary N) is 1. The lowest BCUT2D eigenvalue weighted by Crippen LogP contribution is -2.35. The average Bonchev–Trinajstić information content (AvgIpc) is 3.30. The zero-order chi connectivity index (χ0) is 17.2. The molecule has 1 fully saturated rings. The fraction of sp³-hybridized carbons (Fsp3) is 0.222. The average molecular weight is 337 g/mol. The predicted molar refractivity (Wildman–Crippen MR) is 89.0 cm³/mol. The van der Waals surface area contributed by atoms with Crippen molar-refractivity contribution in [1.29, 1.82) is 0 Å². The molecular formula is C18H16FN5O. The number of aromatic nitrogens is 4. The molecule has 0 spiro atoms. The Balaban J connectivity index is 1.68. The van der Waals surface area contributed by atoms with Crippen molar-refractivity contribution in [3.05, 3.63) is 66.0 Å². The molecule has 1 aliphatic rings. The molecule has 1 amide bonds. The summed E-state index contributed by atoms with van der Waals surface area (Å²) in [7, 11) is 0. The Bertz CT molecular complexity index is 891.